The molecule has 1 aromatic heterocycles. The Balaban J connectivity index is 2.05. The van der Waals surface area contributed by atoms with Crippen molar-refractivity contribution in [3.8, 4) is 0 Å². The van der Waals surface area contributed by atoms with E-state index >= 15 is 0 Å². The van der Waals surface area contributed by atoms with Gasteiger partial charge in [-0.2, -0.15) is 11.8 Å². The second kappa shape index (κ2) is 6.82. The quantitative estimate of drug-likeness (QED) is 0.904. The van der Waals surface area contributed by atoms with E-state index in [0.717, 1.165) is 22.9 Å². The number of hydrogen-bond donors (Lipinski definition) is 1. The highest BCUT2D eigenvalue weighted by Crippen LogP contribution is 2.29. The number of anilines is 1. The van der Waals surface area contributed by atoms with Gasteiger partial charge in [0.15, 0.2) is 0 Å². The fourth-order valence-electron chi connectivity index (χ4n) is 2.15. The van der Waals surface area contributed by atoms with Crippen molar-refractivity contribution in [2.24, 2.45) is 0 Å². The molecule has 2 rings (SSSR count). The van der Waals surface area contributed by atoms with Crippen molar-refractivity contribution in [2.75, 3.05) is 23.5 Å². The first-order valence-corrected chi connectivity index (χ1v) is 8.29. The third-order valence-electron chi connectivity index (χ3n) is 3.38. The summed E-state index contributed by atoms with van der Waals surface area (Å²) in [6.45, 7) is 5.08. The van der Waals surface area contributed by atoms with Crippen LogP contribution in [-0.4, -0.2) is 35.6 Å². The normalized spacial score (nSPS) is 19.1. The molecule has 0 spiro atoms. The summed E-state index contributed by atoms with van der Waals surface area (Å²) in [6.07, 6.45) is 3.14. The Morgan fingerprint density at radius 3 is 2.95 bits per heavy atom. The second-order valence-corrected chi connectivity index (χ2v) is 6.87. The zero-order valence-corrected chi connectivity index (χ0v) is 13.4. The fourth-order valence-corrected chi connectivity index (χ4v) is 3.74. The monoisotopic (exact) mass is 299 g/mol. The van der Waals surface area contributed by atoms with Gasteiger partial charge < -0.3 is 10.2 Å². The van der Waals surface area contributed by atoms with E-state index in [1.54, 1.807) is 0 Å². The van der Waals surface area contributed by atoms with Crippen LogP contribution >= 0.6 is 23.4 Å². The minimum absolute atomic E-state index is 0.469. The molecule has 0 saturated carbocycles. The van der Waals surface area contributed by atoms with Crippen LogP contribution in [0.4, 0.5) is 5.82 Å². The summed E-state index contributed by atoms with van der Waals surface area (Å²) in [5.74, 6) is 3.32. The van der Waals surface area contributed by atoms with Gasteiger partial charge in [0, 0.05) is 37.6 Å². The van der Waals surface area contributed by atoms with Crippen LogP contribution in [0.1, 0.15) is 25.8 Å². The van der Waals surface area contributed by atoms with Crippen LogP contribution in [0.25, 0.3) is 0 Å². The largest absolute Gasteiger partial charge is 0.355 e. The fraction of sp³-hybridized carbons (Fsp3) is 0.643. The minimum Gasteiger partial charge on any atom is -0.355 e. The van der Waals surface area contributed by atoms with Crippen molar-refractivity contribution < 1.29 is 0 Å². The van der Waals surface area contributed by atoms with Crippen LogP contribution < -0.4 is 10.2 Å². The molecule has 1 N–H and O–H groups in total. The number of halogens is 1. The highest BCUT2D eigenvalue weighted by molar-refractivity contribution is 7.99. The van der Waals surface area contributed by atoms with Gasteiger partial charge in [-0.1, -0.05) is 25.4 Å². The highest BCUT2D eigenvalue weighted by atomic mass is 35.5. The average molecular weight is 300 g/mol. The maximum absolute atomic E-state index is 6.38. The topological polar surface area (TPSA) is 28.2 Å². The van der Waals surface area contributed by atoms with Crippen LogP contribution in [0, 0.1) is 0 Å². The molecule has 0 aromatic carbocycles. The summed E-state index contributed by atoms with van der Waals surface area (Å²) in [6, 6.07) is 3.06. The third kappa shape index (κ3) is 4.01. The summed E-state index contributed by atoms with van der Waals surface area (Å²) in [5.41, 5.74) is 1.14. The summed E-state index contributed by atoms with van der Waals surface area (Å²) < 4.78 is 0. The SMILES string of the molecule is CC(C)NCc1cnc(N(C)C2CCSC2)c(Cl)c1. The number of aromatic nitrogens is 1. The van der Waals surface area contributed by atoms with Crippen molar-refractivity contribution in [1.82, 2.24) is 10.3 Å². The van der Waals surface area contributed by atoms with E-state index in [4.69, 9.17) is 11.6 Å². The molecule has 1 aliphatic heterocycles. The molecule has 2 heterocycles. The van der Waals surface area contributed by atoms with Gasteiger partial charge in [0.05, 0.1) is 5.02 Å². The molecule has 1 unspecified atom stereocenters. The molecule has 0 aliphatic carbocycles. The molecule has 0 amide bonds. The molecule has 1 fully saturated rings. The number of pyridine rings is 1. The van der Waals surface area contributed by atoms with E-state index in [9.17, 15) is 0 Å². The van der Waals surface area contributed by atoms with E-state index in [2.05, 4.69) is 36.1 Å². The Hall–Kier alpha value is -0.450. The molecule has 1 atom stereocenters. The van der Waals surface area contributed by atoms with Gasteiger partial charge in [0.1, 0.15) is 5.82 Å². The maximum Gasteiger partial charge on any atom is 0.147 e. The number of nitrogens with one attached hydrogen (secondary N) is 1. The molecular formula is C14H22ClN3S. The van der Waals surface area contributed by atoms with E-state index in [1.807, 2.05) is 24.0 Å². The van der Waals surface area contributed by atoms with Gasteiger partial charge in [-0.05, 0) is 23.8 Å². The predicted molar refractivity (Wildman–Crippen MR) is 85.4 cm³/mol. The number of nitrogens with zero attached hydrogens (tertiary/aromatic N) is 2. The van der Waals surface area contributed by atoms with Crippen LogP contribution in [-0.2, 0) is 6.54 Å². The van der Waals surface area contributed by atoms with E-state index in [0.29, 0.717) is 12.1 Å². The van der Waals surface area contributed by atoms with E-state index in [-0.39, 0.29) is 0 Å². The molecule has 1 aliphatic rings. The summed E-state index contributed by atoms with van der Waals surface area (Å²) in [7, 11) is 2.09. The lowest BCUT2D eigenvalue weighted by Crippen LogP contribution is -2.32. The molecule has 0 radical (unpaired) electrons. The van der Waals surface area contributed by atoms with Crippen molar-refractivity contribution in [3.63, 3.8) is 0 Å². The molecule has 5 heteroatoms. The Bertz CT molecular complexity index is 419. The Kier molecular flexibility index (Phi) is 5.37. The lowest BCUT2D eigenvalue weighted by Gasteiger charge is -2.26. The minimum atomic E-state index is 0.469. The first kappa shape index (κ1) is 14.9. The highest BCUT2D eigenvalue weighted by Gasteiger charge is 2.22. The van der Waals surface area contributed by atoms with Crippen LogP contribution in [0.3, 0.4) is 0 Å². The first-order valence-electron chi connectivity index (χ1n) is 6.76. The smallest absolute Gasteiger partial charge is 0.147 e. The Morgan fingerprint density at radius 1 is 1.58 bits per heavy atom. The lowest BCUT2D eigenvalue weighted by atomic mass is 10.2. The number of thioether (sulfide) groups is 1. The van der Waals surface area contributed by atoms with Gasteiger partial charge in [-0.3, -0.25) is 0 Å². The Morgan fingerprint density at radius 2 is 2.37 bits per heavy atom. The number of rotatable bonds is 5. The van der Waals surface area contributed by atoms with Crippen molar-refractivity contribution in [1.29, 1.82) is 0 Å². The summed E-state index contributed by atoms with van der Waals surface area (Å²) in [4.78, 5) is 6.77. The Labute approximate surface area is 125 Å². The van der Waals surface area contributed by atoms with Gasteiger partial charge >= 0.3 is 0 Å². The first-order chi connectivity index (χ1) is 9.08. The standard InChI is InChI=1S/C14H22ClN3S/c1-10(2)16-7-11-6-13(15)14(17-8-11)18(3)12-4-5-19-9-12/h6,8,10,12,16H,4-5,7,9H2,1-3H3. The van der Waals surface area contributed by atoms with Crippen LogP contribution in [0.15, 0.2) is 12.3 Å². The molecule has 0 bridgehead atoms. The summed E-state index contributed by atoms with van der Waals surface area (Å²) >= 11 is 8.38. The molecule has 19 heavy (non-hydrogen) atoms. The van der Waals surface area contributed by atoms with Crippen LogP contribution in [0.5, 0.6) is 0 Å². The molecule has 1 saturated heterocycles. The molecule has 3 nitrogen and oxygen atoms in total. The van der Waals surface area contributed by atoms with Gasteiger partial charge in [-0.25, -0.2) is 4.98 Å². The van der Waals surface area contributed by atoms with Crippen LogP contribution in [0.2, 0.25) is 5.02 Å². The zero-order chi connectivity index (χ0) is 13.8. The number of hydrogen-bond acceptors (Lipinski definition) is 4. The van der Waals surface area contributed by atoms with Gasteiger partial charge in [-0.15, -0.1) is 0 Å². The lowest BCUT2D eigenvalue weighted by molar-refractivity contribution is 0.587. The van der Waals surface area contributed by atoms with Crippen molar-refractivity contribution in [2.45, 2.75) is 38.9 Å². The predicted octanol–water partition coefficient (Wildman–Crippen LogP) is 3.17. The van der Waals surface area contributed by atoms with Crippen molar-refractivity contribution >= 4 is 29.2 Å². The summed E-state index contributed by atoms with van der Waals surface area (Å²) in [5, 5.41) is 4.13. The molecular weight excluding hydrogens is 278 g/mol. The van der Waals surface area contributed by atoms with E-state index in [1.165, 1.54) is 17.9 Å². The van der Waals surface area contributed by atoms with Crippen molar-refractivity contribution in [3.05, 3.63) is 22.8 Å². The maximum atomic E-state index is 6.38. The third-order valence-corrected chi connectivity index (χ3v) is 4.80. The van der Waals surface area contributed by atoms with Gasteiger partial charge in [0.2, 0.25) is 0 Å². The molecule has 106 valence electrons. The second-order valence-electron chi connectivity index (χ2n) is 5.31. The molecule has 1 aromatic rings. The zero-order valence-electron chi connectivity index (χ0n) is 11.8. The average Bonchev–Trinajstić information content (AvgIpc) is 2.89. The van der Waals surface area contributed by atoms with E-state index < -0.39 is 0 Å². The van der Waals surface area contributed by atoms with Gasteiger partial charge in [0.25, 0.3) is 0 Å².